The maximum Gasteiger partial charge on any atom is 0.334 e. The largest absolute Gasteiger partial charge is 0.479 e. The van der Waals surface area contributed by atoms with Crippen LogP contribution in [0.2, 0.25) is 0 Å². The van der Waals surface area contributed by atoms with Gasteiger partial charge in [-0.2, -0.15) is 0 Å². The molecule has 4 rings (SSSR count). The van der Waals surface area contributed by atoms with Gasteiger partial charge in [0.15, 0.2) is 5.54 Å². The second-order valence-corrected chi connectivity index (χ2v) is 8.18. The molecule has 0 radical (unpaired) electrons. The van der Waals surface area contributed by atoms with Gasteiger partial charge in [0.2, 0.25) is 0 Å². The van der Waals surface area contributed by atoms with Crippen LogP contribution in [0.3, 0.4) is 0 Å². The van der Waals surface area contributed by atoms with Crippen LogP contribution in [-0.2, 0) is 16.1 Å². The lowest BCUT2D eigenvalue weighted by atomic mass is 9.92. The Bertz CT molecular complexity index is 698. The number of aliphatic carboxylic acids is 1. The molecule has 3 N–H and O–H groups in total. The lowest BCUT2D eigenvalue weighted by Crippen LogP contribution is -2.68. The number of rotatable bonds is 5. The Hall–Kier alpha value is -2.12. The van der Waals surface area contributed by atoms with Crippen LogP contribution >= 0.6 is 0 Å². The van der Waals surface area contributed by atoms with Gasteiger partial charge in [0.1, 0.15) is 0 Å². The lowest BCUT2D eigenvalue weighted by molar-refractivity contribution is -0.164. The normalized spacial score (nSPS) is 25.9. The molecule has 27 heavy (non-hydrogen) atoms. The van der Waals surface area contributed by atoms with E-state index in [1.54, 1.807) is 0 Å². The van der Waals surface area contributed by atoms with Gasteiger partial charge in [0.25, 0.3) is 0 Å². The third kappa shape index (κ3) is 3.53. The fraction of sp³-hybridized carbons (Fsp3) is 0.600. The Labute approximate surface area is 159 Å². The van der Waals surface area contributed by atoms with Gasteiger partial charge >= 0.3 is 12.0 Å². The molecule has 7 nitrogen and oxygen atoms in total. The van der Waals surface area contributed by atoms with Crippen LogP contribution in [0, 0.1) is 0 Å². The summed E-state index contributed by atoms with van der Waals surface area (Å²) >= 11 is 0. The zero-order valence-electron chi connectivity index (χ0n) is 15.4. The molecule has 1 aromatic rings. The molecule has 7 heteroatoms. The van der Waals surface area contributed by atoms with E-state index in [0.29, 0.717) is 0 Å². The van der Waals surface area contributed by atoms with E-state index in [9.17, 15) is 14.7 Å². The Morgan fingerprint density at radius 1 is 1.19 bits per heavy atom. The fourth-order valence-electron chi connectivity index (χ4n) is 4.79. The number of carbonyl (C=O) groups is 2. The average molecular weight is 373 g/mol. The Morgan fingerprint density at radius 2 is 1.89 bits per heavy atom. The number of likely N-dealkylation sites (tertiary alicyclic amines) is 1. The molecule has 1 aliphatic carbocycles. The number of hydrogen-bond donors (Lipinski definition) is 3. The van der Waals surface area contributed by atoms with Crippen LogP contribution in [0.5, 0.6) is 0 Å². The Kier molecular flexibility index (Phi) is 4.82. The van der Waals surface area contributed by atoms with Gasteiger partial charge in [-0.25, -0.2) is 9.59 Å². The van der Waals surface area contributed by atoms with Crippen molar-refractivity contribution < 1.29 is 19.4 Å². The minimum absolute atomic E-state index is 0.0183. The number of ether oxygens (including phenoxy) is 1. The van der Waals surface area contributed by atoms with E-state index < -0.39 is 17.5 Å². The van der Waals surface area contributed by atoms with E-state index in [1.165, 1.54) is 18.4 Å². The number of urea groups is 1. The lowest BCUT2D eigenvalue weighted by Gasteiger charge is -2.38. The second-order valence-electron chi connectivity index (χ2n) is 8.18. The van der Waals surface area contributed by atoms with Crippen LogP contribution in [0.15, 0.2) is 30.3 Å². The van der Waals surface area contributed by atoms with Crippen LogP contribution < -0.4 is 10.6 Å². The molecule has 146 valence electrons. The van der Waals surface area contributed by atoms with Crippen molar-refractivity contribution in [1.29, 1.82) is 0 Å². The molecule has 1 spiro atoms. The van der Waals surface area contributed by atoms with Gasteiger partial charge in [0.05, 0.1) is 13.2 Å². The van der Waals surface area contributed by atoms with Crippen molar-refractivity contribution in [2.45, 2.75) is 55.8 Å². The second kappa shape index (κ2) is 7.13. The first kappa shape index (κ1) is 18.3. The summed E-state index contributed by atoms with van der Waals surface area (Å²) in [5.74, 6) is -1.05. The van der Waals surface area contributed by atoms with Gasteiger partial charge in [-0.05, 0) is 24.8 Å². The van der Waals surface area contributed by atoms with E-state index >= 15 is 0 Å². The maximum absolute atomic E-state index is 12.4. The molecule has 1 aromatic carbocycles. The van der Waals surface area contributed by atoms with E-state index in [1.807, 2.05) is 6.07 Å². The summed E-state index contributed by atoms with van der Waals surface area (Å²) in [7, 11) is 0. The van der Waals surface area contributed by atoms with E-state index in [4.69, 9.17) is 4.74 Å². The standard InChI is InChI=1S/C20H27N3O4/c24-17(25)20(13-27-14-20)22-18(26)21-16-10-19(8-4-5-9-19)23(12-16)11-15-6-2-1-3-7-15/h1-3,6-7,16H,4-5,8-14H2,(H,24,25)(H2,21,22,26). The summed E-state index contributed by atoms with van der Waals surface area (Å²) < 4.78 is 5.00. The smallest absolute Gasteiger partial charge is 0.334 e. The summed E-state index contributed by atoms with van der Waals surface area (Å²) in [6.45, 7) is 1.71. The monoisotopic (exact) mass is 373 g/mol. The zero-order chi connectivity index (χ0) is 18.9. The quantitative estimate of drug-likeness (QED) is 0.731. The molecule has 0 bridgehead atoms. The number of carboxylic acid groups (broad SMARTS) is 1. The van der Waals surface area contributed by atoms with Gasteiger partial charge in [0, 0.05) is 24.7 Å². The molecular formula is C20H27N3O4. The SMILES string of the molecule is O=C(NC1CN(Cc2ccccc2)C2(CCCC2)C1)NC1(C(=O)O)COC1. The highest BCUT2D eigenvalue weighted by molar-refractivity contribution is 5.87. The summed E-state index contributed by atoms with van der Waals surface area (Å²) in [5, 5.41) is 15.0. The number of nitrogens with one attached hydrogen (secondary N) is 2. The first-order valence-corrected chi connectivity index (χ1v) is 9.70. The minimum atomic E-state index is -1.28. The molecular weight excluding hydrogens is 346 g/mol. The van der Waals surface area contributed by atoms with Crippen LogP contribution in [0.1, 0.15) is 37.7 Å². The van der Waals surface area contributed by atoms with Crippen molar-refractivity contribution in [1.82, 2.24) is 15.5 Å². The molecule has 2 heterocycles. The van der Waals surface area contributed by atoms with Gasteiger partial charge in [-0.1, -0.05) is 43.2 Å². The number of amides is 2. The summed E-state index contributed by atoms with van der Waals surface area (Å²) in [6, 6.07) is 10.0. The highest BCUT2D eigenvalue weighted by Gasteiger charge is 2.50. The molecule has 1 atom stereocenters. The molecule has 3 aliphatic rings. The van der Waals surface area contributed by atoms with Crippen molar-refractivity contribution in [3.8, 4) is 0 Å². The van der Waals surface area contributed by atoms with Crippen LogP contribution in [-0.4, -0.2) is 58.9 Å². The summed E-state index contributed by atoms with van der Waals surface area (Å²) in [5.41, 5.74) is 0.153. The minimum Gasteiger partial charge on any atom is -0.479 e. The van der Waals surface area contributed by atoms with Crippen LogP contribution in [0.25, 0.3) is 0 Å². The molecule has 2 aliphatic heterocycles. The van der Waals surface area contributed by atoms with E-state index in [-0.39, 0.29) is 24.8 Å². The third-order valence-electron chi connectivity index (χ3n) is 6.28. The number of hydrogen-bond acceptors (Lipinski definition) is 4. The topological polar surface area (TPSA) is 90.9 Å². The van der Waals surface area contributed by atoms with Crippen LogP contribution in [0.4, 0.5) is 4.79 Å². The molecule has 0 aromatic heterocycles. The highest BCUT2D eigenvalue weighted by Crippen LogP contribution is 2.43. The number of nitrogens with zero attached hydrogens (tertiary/aromatic N) is 1. The fourth-order valence-corrected chi connectivity index (χ4v) is 4.79. The first-order valence-electron chi connectivity index (χ1n) is 9.70. The van der Waals surface area contributed by atoms with Gasteiger partial charge in [-0.15, -0.1) is 0 Å². The molecule has 3 fully saturated rings. The van der Waals surface area contributed by atoms with Crippen molar-refractivity contribution >= 4 is 12.0 Å². The first-order chi connectivity index (χ1) is 13.0. The average Bonchev–Trinajstić information content (AvgIpc) is 3.20. The van der Waals surface area contributed by atoms with Crippen molar-refractivity contribution in [3.05, 3.63) is 35.9 Å². The van der Waals surface area contributed by atoms with Crippen molar-refractivity contribution in [2.24, 2.45) is 0 Å². The van der Waals surface area contributed by atoms with Gasteiger partial charge < -0.3 is 20.5 Å². The van der Waals surface area contributed by atoms with Crippen molar-refractivity contribution in [2.75, 3.05) is 19.8 Å². The van der Waals surface area contributed by atoms with Gasteiger partial charge in [-0.3, -0.25) is 4.90 Å². The summed E-state index contributed by atoms with van der Waals surface area (Å²) in [6.07, 6.45) is 5.69. The predicted octanol–water partition coefficient (Wildman–Crippen LogP) is 1.73. The Balaban J connectivity index is 1.40. The number of carboxylic acids is 1. The predicted molar refractivity (Wildman–Crippen MR) is 99.3 cm³/mol. The number of carbonyl (C=O) groups excluding carboxylic acids is 1. The molecule has 2 amide bonds. The number of benzene rings is 1. The molecule has 1 saturated carbocycles. The zero-order valence-corrected chi connectivity index (χ0v) is 15.4. The summed E-state index contributed by atoms with van der Waals surface area (Å²) in [4.78, 5) is 26.3. The molecule has 2 saturated heterocycles. The molecule has 1 unspecified atom stereocenters. The maximum atomic E-state index is 12.4. The van der Waals surface area contributed by atoms with Crippen molar-refractivity contribution in [3.63, 3.8) is 0 Å². The highest BCUT2D eigenvalue weighted by atomic mass is 16.5. The Morgan fingerprint density at radius 3 is 2.48 bits per heavy atom. The van der Waals surface area contributed by atoms with E-state index in [2.05, 4.69) is 39.8 Å². The van der Waals surface area contributed by atoms with E-state index in [0.717, 1.165) is 32.4 Å². The third-order valence-corrected chi connectivity index (χ3v) is 6.28.